The first kappa shape index (κ1) is 11.0. The number of allylic oxidation sites excluding steroid dienone is 3. The Kier molecular flexibility index (Phi) is 4.37. The van der Waals surface area contributed by atoms with Crippen molar-refractivity contribution in [2.45, 2.75) is 25.9 Å². The summed E-state index contributed by atoms with van der Waals surface area (Å²) in [4.78, 5) is 0. The van der Waals surface area contributed by atoms with E-state index in [1.165, 1.54) is 0 Å². The molecular formula is C10H17NO. The molecule has 0 bridgehead atoms. The van der Waals surface area contributed by atoms with Gasteiger partial charge in [0.05, 0.1) is 5.60 Å². The summed E-state index contributed by atoms with van der Waals surface area (Å²) in [6.45, 7) is 7.01. The summed E-state index contributed by atoms with van der Waals surface area (Å²) in [6, 6.07) is 0. The zero-order valence-electron chi connectivity index (χ0n) is 7.75. The molecule has 0 aromatic carbocycles. The molecule has 0 unspecified atom stereocenters. The predicted octanol–water partition coefficient (Wildman–Crippen LogP) is 1.73. The van der Waals surface area contributed by atoms with Crippen LogP contribution in [0.4, 0.5) is 0 Å². The molecular weight excluding hydrogens is 150 g/mol. The lowest BCUT2D eigenvalue weighted by molar-refractivity contribution is 0.0837. The standard InChI is InChI=1S/C10H17NO/c1-4-5-6-9(11)7-8-10(2,3)12/h4-7,12H,1,8,11H2,2-3H3/b6-5-,9-7+. The van der Waals surface area contributed by atoms with E-state index >= 15 is 0 Å². The Bertz CT molecular complexity index is 196. The summed E-state index contributed by atoms with van der Waals surface area (Å²) in [5.74, 6) is 0. The van der Waals surface area contributed by atoms with Crippen LogP contribution in [-0.4, -0.2) is 10.7 Å². The Hall–Kier alpha value is -1.02. The van der Waals surface area contributed by atoms with Crippen LogP contribution in [0.15, 0.2) is 36.6 Å². The van der Waals surface area contributed by atoms with Crippen molar-refractivity contribution in [3.05, 3.63) is 36.6 Å². The maximum atomic E-state index is 9.35. The third-order valence-electron chi connectivity index (χ3n) is 1.26. The molecule has 12 heavy (non-hydrogen) atoms. The average Bonchev–Trinajstić information content (AvgIpc) is 1.95. The van der Waals surface area contributed by atoms with Crippen molar-refractivity contribution >= 4 is 0 Å². The van der Waals surface area contributed by atoms with E-state index in [2.05, 4.69) is 6.58 Å². The van der Waals surface area contributed by atoms with Gasteiger partial charge in [0.15, 0.2) is 0 Å². The SMILES string of the molecule is C=C/C=C\C(N)=C/CC(C)(C)O. The largest absolute Gasteiger partial charge is 0.399 e. The van der Waals surface area contributed by atoms with E-state index in [0.29, 0.717) is 12.1 Å². The lowest BCUT2D eigenvalue weighted by atomic mass is 10.1. The van der Waals surface area contributed by atoms with Crippen LogP contribution in [0.5, 0.6) is 0 Å². The van der Waals surface area contributed by atoms with E-state index in [9.17, 15) is 5.11 Å². The summed E-state index contributed by atoms with van der Waals surface area (Å²) >= 11 is 0. The molecule has 0 saturated heterocycles. The molecule has 0 aliphatic rings. The van der Waals surface area contributed by atoms with Crippen molar-refractivity contribution in [1.82, 2.24) is 0 Å². The molecule has 0 radical (unpaired) electrons. The number of hydrogen-bond acceptors (Lipinski definition) is 2. The van der Waals surface area contributed by atoms with E-state index in [4.69, 9.17) is 5.73 Å². The van der Waals surface area contributed by atoms with Crippen molar-refractivity contribution in [3.63, 3.8) is 0 Å². The second kappa shape index (κ2) is 4.78. The Balaban J connectivity index is 4.01. The van der Waals surface area contributed by atoms with Gasteiger partial charge in [-0.2, -0.15) is 0 Å². The van der Waals surface area contributed by atoms with E-state index < -0.39 is 5.60 Å². The average molecular weight is 167 g/mol. The number of rotatable bonds is 4. The maximum Gasteiger partial charge on any atom is 0.0626 e. The van der Waals surface area contributed by atoms with Gasteiger partial charge < -0.3 is 10.8 Å². The van der Waals surface area contributed by atoms with Crippen molar-refractivity contribution in [2.75, 3.05) is 0 Å². The van der Waals surface area contributed by atoms with E-state index in [0.717, 1.165) is 0 Å². The Morgan fingerprint density at radius 3 is 2.58 bits per heavy atom. The van der Waals surface area contributed by atoms with Crippen LogP contribution in [-0.2, 0) is 0 Å². The highest BCUT2D eigenvalue weighted by Crippen LogP contribution is 2.08. The monoisotopic (exact) mass is 167 g/mol. The lowest BCUT2D eigenvalue weighted by Gasteiger charge is -2.13. The smallest absolute Gasteiger partial charge is 0.0626 e. The van der Waals surface area contributed by atoms with E-state index in [1.807, 2.05) is 0 Å². The molecule has 0 amide bonds. The fourth-order valence-electron chi connectivity index (χ4n) is 0.615. The van der Waals surface area contributed by atoms with E-state index in [1.54, 1.807) is 38.2 Å². The van der Waals surface area contributed by atoms with Crippen LogP contribution in [0.2, 0.25) is 0 Å². The van der Waals surface area contributed by atoms with Gasteiger partial charge in [-0.15, -0.1) is 0 Å². The van der Waals surface area contributed by atoms with Gasteiger partial charge in [0.25, 0.3) is 0 Å². The zero-order chi connectivity index (χ0) is 9.61. The molecule has 0 aromatic rings. The summed E-state index contributed by atoms with van der Waals surface area (Å²) in [6.07, 6.45) is 7.51. The minimum atomic E-state index is -0.688. The molecule has 0 atom stereocenters. The van der Waals surface area contributed by atoms with Crippen LogP contribution in [0, 0.1) is 0 Å². The second-order valence-electron chi connectivity index (χ2n) is 3.32. The van der Waals surface area contributed by atoms with Crippen molar-refractivity contribution in [1.29, 1.82) is 0 Å². The fourth-order valence-corrected chi connectivity index (χ4v) is 0.615. The number of nitrogens with two attached hydrogens (primary N) is 1. The van der Waals surface area contributed by atoms with Gasteiger partial charge in [0, 0.05) is 5.70 Å². The molecule has 0 saturated carbocycles. The number of hydrogen-bond donors (Lipinski definition) is 2. The van der Waals surface area contributed by atoms with E-state index in [-0.39, 0.29) is 0 Å². The second-order valence-corrected chi connectivity index (χ2v) is 3.32. The topological polar surface area (TPSA) is 46.2 Å². The van der Waals surface area contributed by atoms with Gasteiger partial charge in [-0.05, 0) is 26.3 Å². The molecule has 0 heterocycles. The highest BCUT2D eigenvalue weighted by Gasteiger charge is 2.09. The third-order valence-corrected chi connectivity index (χ3v) is 1.26. The van der Waals surface area contributed by atoms with Crippen molar-refractivity contribution < 1.29 is 5.11 Å². The predicted molar refractivity (Wildman–Crippen MR) is 52.5 cm³/mol. The molecule has 0 spiro atoms. The third kappa shape index (κ3) is 7.09. The molecule has 2 heteroatoms. The fraction of sp³-hybridized carbons (Fsp3) is 0.400. The molecule has 2 nitrogen and oxygen atoms in total. The van der Waals surface area contributed by atoms with Crippen LogP contribution in [0.1, 0.15) is 20.3 Å². The lowest BCUT2D eigenvalue weighted by Crippen LogP contribution is -2.17. The van der Waals surface area contributed by atoms with Crippen LogP contribution >= 0.6 is 0 Å². The summed E-state index contributed by atoms with van der Waals surface area (Å²) in [5.41, 5.74) is 5.54. The Morgan fingerprint density at radius 1 is 1.58 bits per heavy atom. The first-order valence-electron chi connectivity index (χ1n) is 3.93. The van der Waals surface area contributed by atoms with Crippen molar-refractivity contribution in [2.24, 2.45) is 5.73 Å². The van der Waals surface area contributed by atoms with Gasteiger partial charge in [-0.25, -0.2) is 0 Å². The normalized spacial score (nSPS) is 13.8. The minimum absolute atomic E-state index is 0.556. The van der Waals surface area contributed by atoms with Gasteiger partial charge in [-0.3, -0.25) is 0 Å². The van der Waals surface area contributed by atoms with Gasteiger partial charge in [-0.1, -0.05) is 24.8 Å². The first-order chi connectivity index (χ1) is 5.45. The van der Waals surface area contributed by atoms with Crippen molar-refractivity contribution in [3.8, 4) is 0 Å². The Labute approximate surface area is 74.1 Å². The minimum Gasteiger partial charge on any atom is -0.399 e. The molecule has 0 aliphatic carbocycles. The van der Waals surface area contributed by atoms with Crippen LogP contribution < -0.4 is 5.73 Å². The summed E-state index contributed by atoms with van der Waals surface area (Å²) < 4.78 is 0. The molecule has 68 valence electrons. The molecule has 0 fully saturated rings. The first-order valence-corrected chi connectivity index (χ1v) is 3.93. The number of aliphatic hydroxyl groups is 1. The van der Waals surface area contributed by atoms with Gasteiger partial charge in [0.2, 0.25) is 0 Å². The summed E-state index contributed by atoms with van der Waals surface area (Å²) in [5, 5.41) is 9.35. The quantitative estimate of drug-likeness (QED) is 0.626. The zero-order valence-corrected chi connectivity index (χ0v) is 7.75. The van der Waals surface area contributed by atoms with Gasteiger partial charge in [0.1, 0.15) is 0 Å². The van der Waals surface area contributed by atoms with Crippen LogP contribution in [0.3, 0.4) is 0 Å². The maximum absolute atomic E-state index is 9.35. The summed E-state index contributed by atoms with van der Waals surface area (Å²) in [7, 11) is 0. The molecule has 0 rings (SSSR count). The molecule has 0 aliphatic heterocycles. The Morgan fingerprint density at radius 2 is 2.17 bits per heavy atom. The molecule has 3 N–H and O–H groups in total. The van der Waals surface area contributed by atoms with Gasteiger partial charge >= 0.3 is 0 Å². The highest BCUT2D eigenvalue weighted by molar-refractivity contribution is 5.18. The van der Waals surface area contributed by atoms with Crippen LogP contribution in [0.25, 0.3) is 0 Å². The highest BCUT2D eigenvalue weighted by atomic mass is 16.3. The molecule has 0 aromatic heterocycles.